The fraction of sp³-hybridized carbons (Fsp3) is 0.600. The van der Waals surface area contributed by atoms with E-state index in [-0.39, 0.29) is 0 Å². The second-order valence-electron chi connectivity index (χ2n) is 5.30. The summed E-state index contributed by atoms with van der Waals surface area (Å²) >= 11 is 0. The van der Waals surface area contributed by atoms with Crippen LogP contribution in [-0.2, 0) is 11.3 Å². The first-order valence-electron chi connectivity index (χ1n) is 6.79. The van der Waals surface area contributed by atoms with Gasteiger partial charge in [-0.25, -0.2) is 0 Å². The van der Waals surface area contributed by atoms with Crippen LogP contribution in [0.5, 0.6) is 0 Å². The molecular weight excluding hydrogens is 224 g/mol. The molecule has 2 rings (SSSR count). The standard InChI is InChI=1S/C15H24N2O/c1-12-5-6-15(14(8-12)9-16)17(2)10-13-4-3-7-18-11-13/h5-6,8,13H,3-4,7,9-11,16H2,1-2H3. The molecule has 1 aliphatic heterocycles. The van der Waals surface area contributed by atoms with Crippen LogP contribution < -0.4 is 10.6 Å². The van der Waals surface area contributed by atoms with E-state index >= 15 is 0 Å². The summed E-state index contributed by atoms with van der Waals surface area (Å²) in [6.45, 7) is 5.59. The fourth-order valence-electron chi connectivity index (χ4n) is 2.69. The molecule has 0 aliphatic carbocycles. The average molecular weight is 248 g/mol. The van der Waals surface area contributed by atoms with Gasteiger partial charge in [-0.05, 0) is 37.3 Å². The lowest BCUT2D eigenvalue weighted by Gasteiger charge is -2.29. The number of benzene rings is 1. The summed E-state index contributed by atoms with van der Waals surface area (Å²) in [7, 11) is 2.15. The quantitative estimate of drug-likeness (QED) is 0.888. The van der Waals surface area contributed by atoms with Gasteiger partial charge in [-0.1, -0.05) is 17.7 Å². The van der Waals surface area contributed by atoms with Crippen molar-refractivity contribution in [2.75, 3.05) is 31.7 Å². The van der Waals surface area contributed by atoms with Crippen molar-refractivity contribution in [3.8, 4) is 0 Å². The fourth-order valence-corrected chi connectivity index (χ4v) is 2.69. The number of nitrogens with zero attached hydrogens (tertiary/aromatic N) is 1. The summed E-state index contributed by atoms with van der Waals surface area (Å²) in [5.41, 5.74) is 9.60. The SMILES string of the molecule is Cc1ccc(N(C)CC2CCCOC2)c(CN)c1. The molecule has 1 aromatic carbocycles. The van der Waals surface area contributed by atoms with Crippen LogP contribution in [0, 0.1) is 12.8 Å². The summed E-state index contributed by atoms with van der Waals surface area (Å²) in [4.78, 5) is 2.32. The van der Waals surface area contributed by atoms with E-state index in [4.69, 9.17) is 10.5 Å². The monoisotopic (exact) mass is 248 g/mol. The van der Waals surface area contributed by atoms with Gasteiger partial charge < -0.3 is 15.4 Å². The summed E-state index contributed by atoms with van der Waals surface area (Å²) in [6, 6.07) is 6.52. The van der Waals surface area contributed by atoms with Crippen molar-refractivity contribution < 1.29 is 4.74 Å². The van der Waals surface area contributed by atoms with Crippen LogP contribution in [0.2, 0.25) is 0 Å². The maximum absolute atomic E-state index is 5.84. The summed E-state index contributed by atoms with van der Waals surface area (Å²) < 4.78 is 5.54. The molecule has 1 aromatic rings. The highest BCUT2D eigenvalue weighted by Crippen LogP contribution is 2.23. The Morgan fingerprint density at radius 3 is 2.94 bits per heavy atom. The second kappa shape index (κ2) is 6.21. The summed E-state index contributed by atoms with van der Waals surface area (Å²) in [6.07, 6.45) is 2.46. The van der Waals surface area contributed by atoms with E-state index in [2.05, 4.69) is 37.1 Å². The Labute approximate surface area is 110 Å². The topological polar surface area (TPSA) is 38.5 Å². The molecule has 1 heterocycles. The molecule has 0 radical (unpaired) electrons. The first-order chi connectivity index (χ1) is 8.70. The van der Waals surface area contributed by atoms with E-state index in [0.29, 0.717) is 12.5 Å². The molecule has 0 spiro atoms. The van der Waals surface area contributed by atoms with Crippen LogP contribution >= 0.6 is 0 Å². The first-order valence-corrected chi connectivity index (χ1v) is 6.79. The molecule has 3 nitrogen and oxygen atoms in total. The van der Waals surface area contributed by atoms with Gasteiger partial charge >= 0.3 is 0 Å². The largest absolute Gasteiger partial charge is 0.381 e. The van der Waals surface area contributed by atoms with E-state index in [9.17, 15) is 0 Å². The van der Waals surface area contributed by atoms with Crippen LogP contribution in [0.15, 0.2) is 18.2 Å². The zero-order chi connectivity index (χ0) is 13.0. The van der Waals surface area contributed by atoms with Gasteiger partial charge in [0.1, 0.15) is 0 Å². The highest BCUT2D eigenvalue weighted by Gasteiger charge is 2.17. The molecular formula is C15H24N2O. The second-order valence-corrected chi connectivity index (χ2v) is 5.30. The molecule has 0 bridgehead atoms. The number of anilines is 1. The number of hydrogen-bond acceptors (Lipinski definition) is 3. The van der Waals surface area contributed by atoms with E-state index in [1.807, 2.05) is 0 Å². The van der Waals surface area contributed by atoms with Crippen molar-refractivity contribution in [1.29, 1.82) is 0 Å². The molecule has 0 saturated carbocycles. The summed E-state index contributed by atoms with van der Waals surface area (Å²) in [5, 5.41) is 0. The molecule has 100 valence electrons. The van der Waals surface area contributed by atoms with Gasteiger partial charge in [0.25, 0.3) is 0 Å². The number of rotatable bonds is 4. The normalized spacial score (nSPS) is 19.8. The molecule has 1 unspecified atom stereocenters. The van der Waals surface area contributed by atoms with E-state index in [0.717, 1.165) is 19.8 Å². The molecule has 1 atom stereocenters. The Morgan fingerprint density at radius 1 is 1.44 bits per heavy atom. The van der Waals surface area contributed by atoms with Crippen molar-refractivity contribution in [3.05, 3.63) is 29.3 Å². The van der Waals surface area contributed by atoms with Gasteiger partial charge in [0.2, 0.25) is 0 Å². The Kier molecular flexibility index (Phi) is 4.61. The Balaban J connectivity index is 2.05. The Morgan fingerprint density at radius 2 is 2.28 bits per heavy atom. The van der Waals surface area contributed by atoms with Gasteiger partial charge in [0.15, 0.2) is 0 Å². The molecule has 1 fully saturated rings. The lowest BCUT2D eigenvalue weighted by Crippen LogP contribution is -2.31. The van der Waals surface area contributed by atoms with Gasteiger partial charge in [-0.2, -0.15) is 0 Å². The highest BCUT2D eigenvalue weighted by molar-refractivity contribution is 5.54. The van der Waals surface area contributed by atoms with Crippen LogP contribution in [0.25, 0.3) is 0 Å². The van der Waals surface area contributed by atoms with E-state index in [1.54, 1.807) is 0 Å². The van der Waals surface area contributed by atoms with Gasteiger partial charge in [0.05, 0.1) is 6.61 Å². The highest BCUT2D eigenvalue weighted by atomic mass is 16.5. The van der Waals surface area contributed by atoms with Crippen LogP contribution in [0.1, 0.15) is 24.0 Å². The minimum Gasteiger partial charge on any atom is -0.381 e. The average Bonchev–Trinajstić information content (AvgIpc) is 2.39. The molecule has 0 aromatic heterocycles. The van der Waals surface area contributed by atoms with Crippen LogP contribution in [0.3, 0.4) is 0 Å². The number of ether oxygens (including phenoxy) is 1. The van der Waals surface area contributed by atoms with Crippen molar-refractivity contribution in [2.45, 2.75) is 26.3 Å². The van der Waals surface area contributed by atoms with Crippen molar-refractivity contribution in [1.82, 2.24) is 0 Å². The number of aryl methyl sites for hydroxylation is 1. The number of hydrogen-bond donors (Lipinski definition) is 1. The third kappa shape index (κ3) is 3.24. The summed E-state index contributed by atoms with van der Waals surface area (Å²) in [5.74, 6) is 0.649. The van der Waals surface area contributed by atoms with Crippen LogP contribution in [0.4, 0.5) is 5.69 Å². The molecule has 2 N–H and O–H groups in total. The molecule has 1 saturated heterocycles. The minimum absolute atomic E-state index is 0.600. The lowest BCUT2D eigenvalue weighted by atomic mass is 10.0. The van der Waals surface area contributed by atoms with Crippen molar-refractivity contribution in [3.63, 3.8) is 0 Å². The van der Waals surface area contributed by atoms with Gasteiger partial charge in [-0.15, -0.1) is 0 Å². The maximum atomic E-state index is 5.84. The van der Waals surface area contributed by atoms with Crippen LogP contribution in [-0.4, -0.2) is 26.8 Å². The first kappa shape index (κ1) is 13.4. The van der Waals surface area contributed by atoms with Gasteiger partial charge in [0, 0.05) is 32.4 Å². The molecule has 18 heavy (non-hydrogen) atoms. The zero-order valence-electron chi connectivity index (χ0n) is 11.5. The molecule has 0 amide bonds. The maximum Gasteiger partial charge on any atom is 0.0511 e. The third-order valence-electron chi connectivity index (χ3n) is 3.65. The lowest BCUT2D eigenvalue weighted by molar-refractivity contribution is 0.0576. The Bertz CT molecular complexity index is 386. The molecule has 3 heteroatoms. The third-order valence-corrected chi connectivity index (χ3v) is 3.65. The minimum atomic E-state index is 0.600. The van der Waals surface area contributed by atoms with E-state index in [1.165, 1.54) is 29.7 Å². The van der Waals surface area contributed by atoms with E-state index < -0.39 is 0 Å². The van der Waals surface area contributed by atoms with Gasteiger partial charge in [-0.3, -0.25) is 0 Å². The van der Waals surface area contributed by atoms with Crippen molar-refractivity contribution >= 4 is 5.69 Å². The predicted molar refractivity (Wildman–Crippen MR) is 75.9 cm³/mol. The number of nitrogens with two attached hydrogens (primary N) is 1. The predicted octanol–water partition coefficient (Wildman–Crippen LogP) is 2.32. The zero-order valence-corrected chi connectivity index (χ0v) is 11.5. The Hall–Kier alpha value is -1.06. The smallest absolute Gasteiger partial charge is 0.0511 e. The van der Waals surface area contributed by atoms with Crippen molar-refractivity contribution in [2.24, 2.45) is 11.7 Å². The molecule has 1 aliphatic rings.